The van der Waals surface area contributed by atoms with Crippen molar-refractivity contribution in [3.63, 3.8) is 0 Å². The van der Waals surface area contributed by atoms with E-state index in [0.29, 0.717) is 27.3 Å². The molecule has 4 heteroatoms. The summed E-state index contributed by atoms with van der Waals surface area (Å²) in [5, 5.41) is 9.69. The Morgan fingerprint density at radius 1 is 1.28 bits per heavy atom. The standard InChI is InChI=1S/C14H13ClFNO/c1-8-5-12(10(7-18)6-17-8)11-3-4-13(15)9(2)14(11)16/h3-6,18H,7H2,1-2H3. The second-order valence-electron chi connectivity index (χ2n) is 4.17. The average molecular weight is 266 g/mol. The molecule has 1 aromatic heterocycles. The highest BCUT2D eigenvalue weighted by molar-refractivity contribution is 6.31. The number of nitrogens with zero attached hydrogens (tertiary/aromatic N) is 1. The number of hydrogen-bond donors (Lipinski definition) is 1. The largest absolute Gasteiger partial charge is 0.392 e. The third kappa shape index (κ3) is 2.24. The predicted molar refractivity (Wildman–Crippen MR) is 70.0 cm³/mol. The topological polar surface area (TPSA) is 33.1 Å². The minimum Gasteiger partial charge on any atom is -0.392 e. The summed E-state index contributed by atoms with van der Waals surface area (Å²) in [5.74, 6) is -0.359. The van der Waals surface area contributed by atoms with E-state index in [-0.39, 0.29) is 12.4 Å². The molecule has 0 aliphatic carbocycles. The van der Waals surface area contributed by atoms with E-state index in [1.165, 1.54) is 0 Å². The van der Waals surface area contributed by atoms with E-state index >= 15 is 0 Å². The van der Waals surface area contributed by atoms with Gasteiger partial charge >= 0.3 is 0 Å². The maximum Gasteiger partial charge on any atom is 0.135 e. The molecule has 2 rings (SSSR count). The van der Waals surface area contributed by atoms with Crippen LogP contribution in [0.2, 0.25) is 5.02 Å². The second kappa shape index (κ2) is 5.04. The summed E-state index contributed by atoms with van der Waals surface area (Å²) in [4.78, 5) is 4.10. The van der Waals surface area contributed by atoms with Crippen molar-refractivity contribution in [2.75, 3.05) is 0 Å². The maximum atomic E-state index is 14.2. The molecule has 0 saturated carbocycles. The smallest absolute Gasteiger partial charge is 0.135 e. The van der Waals surface area contributed by atoms with Crippen molar-refractivity contribution >= 4 is 11.6 Å². The highest BCUT2D eigenvalue weighted by Crippen LogP contribution is 2.31. The van der Waals surface area contributed by atoms with Gasteiger partial charge < -0.3 is 5.11 Å². The minimum absolute atomic E-state index is 0.177. The molecular formula is C14H13ClFNO. The molecule has 0 aliphatic heterocycles. The number of aliphatic hydroxyl groups is 1. The number of pyridine rings is 1. The molecule has 0 fully saturated rings. The lowest BCUT2D eigenvalue weighted by Gasteiger charge is -2.11. The molecule has 1 aromatic carbocycles. The maximum absolute atomic E-state index is 14.2. The van der Waals surface area contributed by atoms with Crippen molar-refractivity contribution in [1.82, 2.24) is 4.98 Å². The number of rotatable bonds is 2. The second-order valence-corrected chi connectivity index (χ2v) is 4.58. The van der Waals surface area contributed by atoms with Gasteiger partial charge in [-0.3, -0.25) is 4.98 Å². The van der Waals surface area contributed by atoms with Gasteiger partial charge in [0.15, 0.2) is 0 Å². The van der Waals surface area contributed by atoms with Gasteiger partial charge in [0.1, 0.15) is 5.82 Å². The Kier molecular flexibility index (Phi) is 3.64. The van der Waals surface area contributed by atoms with Gasteiger partial charge in [-0.25, -0.2) is 4.39 Å². The van der Waals surface area contributed by atoms with Crippen molar-refractivity contribution in [2.45, 2.75) is 20.5 Å². The molecule has 0 saturated heterocycles. The third-order valence-electron chi connectivity index (χ3n) is 2.90. The van der Waals surface area contributed by atoms with E-state index in [2.05, 4.69) is 4.98 Å². The number of aryl methyl sites for hydroxylation is 1. The fraction of sp³-hybridized carbons (Fsp3) is 0.214. The summed E-state index contributed by atoms with van der Waals surface area (Å²) in [7, 11) is 0. The van der Waals surface area contributed by atoms with Crippen molar-refractivity contribution in [3.05, 3.63) is 52.1 Å². The van der Waals surface area contributed by atoms with Crippen LogP contribution in [0.5, 0.6) is 0 Å². The Morgan fingerprint density at radius 2 is 2.00 bits per heavy atom. The third-order valence-corrected chi connectivity index (χ3v) is 3.31. The van der Waals surface area contributed by atoms with Gasteiger partial charge in [-0.15, -0.1) is 0 Å². The zero-order chi connectivity index (χ0) is 13.3. The molecule has 2 nitrogen and oxygen atoms in total. The Balaban J connectivity index is 2.69. The van der Waals surface area contributed by atoms with Crippen molar-refractivity contribution in [3.8, 4) is 11.1 Å². The van der Waals surface area contributed by atoms with Crippen LogP contribution < -0.4 is 0 Å². The molecule has 1 heterocycles. The molecule has 0 aliphatic rings. The Morgan fingerprint density at radius 3 is 2.67 bits per heavy atom. The van der Waals surface area contributed by atoms with Gasteiger partial charge in [0.05, 0.1) is 6.61 Å². The SMILES string of the molecule is Cc1cc(-c2ccc(Cl)c(C)c2F)c(CO)cn1. The van der Waals surface area contributed by atoms with Gasteiger partial charge in [-0.1, -0.05) is 11.6 Å². The summed E-state index contributed by atoms with van der Waals surface area (Å²) < 4.78 is 14.2. The van der Waals surface area contributed by atoms with Gasteiger partial charge in [-0.2, -0.15) is 0 Å². The number of hydrogen-bond acceptors (Lipinski definition) is 2. The summed E-state index contributed by atoms with van der Waals surface area (Å²) in [5.41, 5.74) is 2.87. The molecule has 2 aromatic rings. The highest BCUT2D eigenvalue weighted by Gasteiger charge is 2.13. The molecule has 0 unspecified atom stereocenters. The van der Waals surface area contributed by atoms with E-state index in [0.717, 1.165) is 5.69 Å². The monoisotopic (exact) mass is 265 g/mol. The van der Waals surface area contributed by atoms with Crippen LogP contribution in [0.15, 0.2) is 24.4 Å². The van der Waals surface area contributed by atoms with E-state index < -0.39 is 0 Å². The van der Waals surface area contributed by atoms with Crippen LogP contribution in [0.1, 0.15) is 16.8 Å². The first-order valence-corrected chi connectivity index (χ1v) is 5.93. The Hall–Kier alpha value is -1.45. The van der Waals surface area contributed by atoms with Gasteiger partial charge in [0, 0.05) is 33.6 Å². The van der Waals surface area contributed by atoms with Gasteiger partial charge in [0.2, 0.25) is 0 Å². The van der Waals surface area contributed by atoms with Crippen molar-refractivity contribution in [1.29, 1.82) is 0 Å². The fourth-order valence-corrected chi connectivity index (χ4v) is 1.98. The molecule has 0 radical (unpaired) electrons. The zero-order valence-electron chi connectivity index (χ0n) is 10.2. The summed E-state index contributed by atoms with van der Waals surface area (Å²) in [6.07, 6.45) is 1.56. The number of halogens is 2. The lowest BCUT2D eigenvalue weighted by atomic mass is 9.98. The molecular weight excluding hydrogens is 253 g/mol. The van der Waals surface area contributed by atoms with Gasteiger partial charge in [-0.05, 0) is 37.6 Å². The number of aliphatic hydroxyl groups excluding tert-OH is 1. The fourth-order valence-electron chi connectivity index (χ4n) is 1.83. The molecule has 94 valence electrons. The first-order chi connectivity index (χ1) is 8.54. The van der Waals surface area contributed by atoms with Crippen LogP contribution in [0.4, 0.5) is 4.39 Å². The lowest BCUT2D eigenvalue weighted by molar-refractivity contribution is 0.282. The molecule has 0 spiro atoms. The quantitative estimate of drug-likeness (QED) is 0.899. The first-order valence-electron chi connectivity index (χ1n) is 5.56. The van der Waals surface area contributed by atoms with Crippen molar-refractivity contribution < 1.29 is 9.50 Å². The molecule has 18 heavy (non-hydrogen) atoms. The number of benzene rings is 1. The normalized spacial score (nSPS) is 10.7. The molecule has 0 atom stereocenters. The number of aromatic nitrogens is 1. The Labute approximate surface area is 110 Å². The van der Waals surface area contributed by atoms with Crippen LogP contribution in [0.3, 0.4) is 0 Å². The van der Waals surface area contributed by atoms with Crippen LogP contribution in [-0.4, -0.2) is 10.1 Å². The first kappa shape index (κ1) is 13.0. The average Bonchev–Trinajstić information content (AvgIpc) is 2.36. The van der Waals surface area contributed by atoms with E-state index in [9.17, 15) is 9.50 Å². The molecule has 1 N–H and O–H groups in total. The molecule has 0 amide bonds. The molecule has 0 bridgehead atoms. The van der Waals surface area contributed by atoms with Crippen LogP contribution >= 0.6 is 11.6 Å². The highest BCUT2D eigenvalue weighted by atomic mass is 35.5. The van der Waals surface area contributed by atoms with Crippen LogP contribution in [-0.2, 0) is 6.61 Å². The lowest BCUT2D eigenvalue weighted by Crippen LogP contribution is -1.97. The summed E-state index contributed by atoms with van der Waals surface area (Å²) in [6, 6.07) is 5.04. The minimum atomic E-state index is -0.359. The summed E-state index contributed by atoms with van der Waals surface area (Å²) >= 11 is 5.88. The van der Waals surface area contributed by atoms with E-state index in [4.69, 9.17) is 11.6 Å². The van der Waals surface area contributed by atoms with Crippen LogP contribution in [0.25, 0.3) is 11.1 Å². The summed E-state index contributed by atoms with van der Waals surface area (Å²) in [6.45, 7) is 3.28. The Bertz CT molecular complexity index is 599. The predicted octanol–water partition coefficient (Wildman–Crippen LogP) is 3.65. The van der Waals surface area contributed by atoms with E-state index in [1.54, 1.807) is 31.3 Å². The van der Waals surface area contributed by atoms with Crippen molar-refractivity contribution in [2.24, 2.45) is 0 Å². The van der Waals surface area contributed by atoms with Gasteiger partial charge in [0.25, 0.3) is 0 Å². The van der Waals surface area contributed by atoms with Crippen LogP contribution in [0, 0.1) is 19.7 Å². The zero-order valence-corrected chi connectivity index (χ0v) is 10.9. The van der Waals surface area contributed by atoms with E-state index in [1.807, 2.05) is 6.92 Å².